The molecule has 0 amide bonds. The van der Waals surface area contributed by atoms with Crippen molar-refractivity contribution in [3.8, 4) is 0 Å². The fourth-order valence-corrected chi connectivity index (χ4v) is 3.75. The van der Waals surface area contributed by atoms with E-state index in [2.05, 4.69) is 30.8 Å². The normalized spacial score (nSPS) is 19.1. The van der Waals surface area contributed by atoms with Crippen molar-refractivity contribution in [3.05, 3.63) is 46.3 Å². The summed E-state index contributed by atoms with van der Waals surface area (Å²) in [5, 5.41) is 4.19. The van der Waals surface area contributed by atoms with Gasteiger partial charge < -0.3 is 9.64 Å². The second-order valence-electron chi connectivity index (χ2n) is 7.95. The molecule has 0 spiro atoms. The van der Waals surface area contributed by atoms with Gasteiger partial charge in [0, 0.05) is 37.3 Å². The molecule has 32 heavy (non-hydrogen) atoms. The molecule has 1 aliphatic carbocycles. The van der Waals surface area contributed by atoms with Crippen molar-refractivity contribution in [2.24, 2.45) is 7.05 Å². The van der Waals surface area contributed by atoms with E-state index >= 15 is 0 Å². The summed E-state index contributed by atoms with van der Waals surface area (Å²) < 4.78 is 46.6. The first kappa shape index (κ1) is 20.6. The topological polar surface area (TPSA) is 81.9 Å². The van der Waals surface area contributed by atoms with Gasteiger partial charge in [-0.1, -0.05) is 0 Å². The third-order valence-electron chi connectivity index (χ3n) is 5.66. The first-order valence-electron chi connectivity index (χ1n) is 10.1. The van der Waals surface area contributed by atoms with Crippen LogP contribution in [0.4, 0.5) is 19.1 Å². The summed E-state index contributed by atoms with van der Waals surface area (Å²) in [6.07, 6.45) is -1.23. The SMILES string of the molecule is Cc1nc2nc(N3CCOC(c4cnn(C)c4)C3)nc(C3=C=C(C(F)(F)F)C3)c2nc1C. The maximum absolute atomic E-state index is 13.0. The number of hydrogen-bond donors (Lipinski definition) is 0. The molecular formula is C21H20F3N7O. The number of morpholine rings is 1. The highest BCUT2D eigenvalue weighted by molar-refractivity contribution is 5.88. The summed E-state index contributed by atoms with van der Waals surface area (Å²) in [6, 6.07) is 0. The van der Waals surface area contributed by atoms with Crippen LogP contribution in [-0.4, -0.2) is 55.6 Å². The lowest BCUT2D eigenvalue weighted by Crippen LogP contribution is -2.39. The maximum atomic E-state index is 13.0. The number of halogens is 3. The predicted octanol–water partition coefficient (Wildman–Crippen LogP) is 3.22. The second-order valence-corrected chi connectivity index (χ2v) is 7.95. The van der Waals surface area contributed by atoms with E-state index in [4.69, 9.17) is 4.74 Å². The van der Waals surface area contributed by atoms with Gasteiger partial charge in [-0.05, 0) is 13.8 Å². The number of hydrogen-bond acceptors (Lipinski definition) is 7. The van der Waals surface area contributed by atoms with Gasteiger partial charge >= 0.3 is 6.18 Å². The highest BCUT2D eigenvalue weighted by atomic mass is 19.4. The molecule has 0 bridgehead atoms. The van der Waals surface area contributed by atoms with Crippen molar-refractivity contribution in [1.82, 2.24) is 29.7 Å². The van der Waals surface area contributed by atoms with Gasteiger partial charge in [-0.2, -0.15) is 23.3 Å². The van der Waals surface area contributed by atoms with Gasteiger partial charge in [-0.25, -0.2) is 15.0 Å². The van der Waals surface area contributed by atoms with Crippen LogP contribution in [0.3, 0.4) is 0 Å². The van der Waals surface area contributed by atoms with Gasteiger partial charge in [0.2, 0.25) is 5.95 Å². The smallest absolute Gasteiger partial charge is 0.370 e. The summed E-state index contributed by atoms with van der Waals surface area (Å²) in [6.45, 7) is 5.10. The van der Waals surface area contributed by atoms with E-state index in [9.17, 15) is 13.2 Å². The van der Waals surface area contributed by atoms with Crippen molar-refractivity contribution in [3.63, 3.8) is 0 Å². The molecule has 1 atom stereocenters. The minimum absolute atomic E-state index is 0.217. The van der Waals surface area contributed by atoms with Crippen molar-refractivity contribution >= 4 is 22.7 Å². The van der Waals surface area contributed by atoms with Crippen LogP contribution in [0.1, 0.15) is 35.2 Å². The monoisotopic (exact) mass is 443 g/mol. The van der Waals surface area contributed by atoms with Crippen LogP contribution in [0.2, 0.25) is 0 Å². The summed E-state index contributed by atoms with van der Waals surface area (Å²) in [5.41, 5.74) is 5.50. The molecule has 1 fully saturated rings. The Hall–Kier alpha value is -3.30. The molecule has 8 nitrogen and oxygen atoms in total. The van der Waals surface area contributed by atoms with Crippen LogP contribution in [0, 0.1) is 13.8 Å². The Balaban J connectivity index is 1.58. The number of fused-ring (bicyclic) bond motifs is 1. The fourth-order valence-electron chi connectivity index (χ4n) is 3.75. The number of alkyl halides is 3. The zero-order valence-corrected chi connectivity index (χ0v) is 17.7. The number of allylic oxidation sites excluding steroid dienone is 1. The number of aromatic nitrogens is 6. The largest absolute Gasteiger partial charge is 0.420 e. The minimum atomic E-state index is -4.39. The third-order valence-corrected chi connectivity index (χ3v) is 5.66. The number of anilines is 1. The molecule has 0 saturated carbocycles. The summed E-state index contributed by atoms with van der Waals surface area (Å²) in [7, 11) is 1.83. The molecule has 166 valence electrons. The maximum Gasteiger partial charge on any atom is 0.420 e. The lowest BCUT2D eigenvalue weighted by molar-refractivity contribution is -0.0934. The van der Waals surface area contributed by atoms with Gasteiger partial charge in [0.05, 0.1) is 36.3 Å². The average molecular weight is 443 g/mol. The molecule has 0 N–H and O–H groups in total. The van der Waals surface area contributed by atoms with Crippen LogP contribution in [-0.2, 0) is 11.8 Å². The Morgan fingerprint density at radius 3 is 2.56 bits per heavy atom. The van der Waals surface area contributed by atoms with E-state index < -0.39 is 11.7 Å². The molecule has 1 saturated heterocycles. The highest BCUT2D eigenvalue weighted by Gasteiger charge is 2.39. The van der Waals surface area contributed by atoms with Gasteiger partial charge in [0.15, 0.2) is 5.65 Å². The molecule has 1 aliphatic heterocycles. The van der Waals surface area contributed by atoms with Gasteiger partial charge in [0.1, 0.15) is 17.3 Å². The highest BCUT2D eigenvalue weighted by Crippen LogP contribution is 2.40. The Labute approximate surface area is 181 Å². The van der Waals surface area contributed by atoms with E-state index in [1.807, 2.05) is 25.1 Å². The summed E-state index contributed by atoms with van der Waals surface area (Å²) in [4.78, 5) is 20.2. The van der Waals surface area contributed by atoms with Crippen LogP contribution in [0.15, 0.2) is 23.7 Å². The van der Waals surface area contributed by atoms with Crippen molar-refractivity contribution < 1.29 is 17.9 Å². The lowest BCUT2D eigenvalue weighted by Gasteiger charge is -2.33. The van der Waals surface area contributed by atoms with Gasteiger partial charge in [-0.15, -0.1) is 5.73 Å². The molecule has 0 radical (unpaired) electrons. The number of aryl methyl sites for hydroxylation is 3. The minimum Gasteiger partial charge on any atom is -0.370 e. The number of ether oxygens (including phenoxy) is 1. The van der Waals surface area contributed by atoms with E-state index in [0.29, 0.717) is 59.5 Å². The van der Waals surface area contributed by atoms with Crippen molar-refractivity contribution in [2.75, 3.05) is 24.6 Å². The molecule has 3 aromatic heterocycles. The average Bonchev–Trinajstić information content (AvgIpc) is 3.13. The van der Waals surface area contributed by atoms with Crippen LogP contribution >= 0.6 is 0 Å². The predicted molar refractivity (Wildman–Crippen MR) is 110 cm³/mol. The Bertz CT molecular complexity index is 1290. The van der Waals surface area contributed by atoms with E-state index in [0.717, 1.165) is 5.56 Å². The molecular weight excluding hydrogens is 423 g/mol. The quantitative estimate of drug-likeness (QED) is 0.575. The van der Waals surface area contributed by atoms with Crippen LogP contribution in [0.25, 0.3) is 16.7 Å². The fraction of sp³-hybridized carbons (Fsp3) is 0.429. The molecule has 5 rings (SSSR count). The van der Waals surface area contributed by atoms with Gasteiger partial charge in [0.25, 0.3) is 0 Å². The Morgan fingerprint density at radius 1 is 1.12 bits per heavy atom. The molecule has 3 aromatic rings. The summed E-state index contributed by atoms with van der Waals surface area (Å²) >= 11 is 0. The van der Waals surface area contributed by atoms with Crippen LogP contribution < -0.4 is 4.90 Å². The van der Waals surface area contributed by atoms with E-state index in [-0.39, 0.29) is 12.5 Å². The number of nitrogens with zero attached hydrogens (tertiary/aromatic N) is 7. The first-order chi connectivity index (χ1) is 15.2. The standard InChI is InChI=1S/C21H20F3N7O/c1-11-12(2)27-19-18(26-11)17(13-6-15(7-13)21(22,23)24)28-20(29-19)31-4-5-32-16(10-31)14-8-25-30(3)9-14/h8-9,16H,4-6,10H2,1-3H3. The van der Waals surface area contributed by atoms with Crippen LogP contribution in [0.5, 0.6) is 0 Å². The number of rotatable bonds is 3. The van der Waals surface area contributed by atoms with E-state index in [1.54, 1.807) is 17.8 Å². The lowest BCUT2D eigenvalue weighted by atomic mass is 9.93. The molecule has 2 aliphatic rings. The Kier molecular flexibility index (Phi) is 4.75. The molecule has 4 heterocycles. The zero-order valence-electron chi connectivity index (χ0n) is 17.7. The second kappa shape index (κ2) is 7.39. The van der Waals surface area contributed by atoms with Gasteiger partial charge in [-0.3, -0.25) is 4.68 Å². The van der Waals surface area contributed by atoms with Crippen molar-refractivity contribution in [2.45, 2.75) is 32.5 Å². The molecule has 0 aromatic carbocycles. The first-order valence-corrected chi connectivity index (χ1v) is 10.1. The summed E-state index contributed by atoms with van der Waals surface area (Å²) in [5.74, 6) is 0.386. The third kappa shape index (κ3) is 3.63. The molecule has 1 unspecified atom stereocenters. The molecule has 11 heteroatoms. The Morgan fingerprint density at radius 2 is 1.88 bits per heavy atom. The zero-order chi connectivity index (χ0) is 22.6. The van der Waals surface area contributed by atoms with E-state index in [1.165, 1.54) is 0 Å². The van der Waals surface area contributed by atoms with Crippen molar-refractivity contribution in [1.29, 1.82) is 0 Å².